The number of nitrogens with zero attached hydrogens (tertiary/aromatic N) is 2. The molecule has 2 aromatic rings. The highest BCUT2D eigenvalue weighted by Gasteiger charge is 2.43. The van der Waals surface area contributed by atoms with E-state index in [0.29, 0.717) is 11.1 Å². The number of nitrogens with one attached hydrogen (secondary N) is 1. The second kappa shape index (κ2) is 6.46. The third-order valence-electron chi connectivity index (χ3n) is 6.49. The van der Waals surface area contributed by atoms with Crippen molar-refractivity contribution in [2.24, 2.45) is 0 Å². The minimum absolute atomic E-state index is 0.474. The maximum atomic E-state index is 11.6. The molecule has 0 bridgehead atoms. The number of H-pyrrole nitrogens is 1. The summed E-state index contributed by atoms with van der Waals surface area (Å²) in [5, 5.41) is 2.83. The summed E-state index contributed by atoms with van der Waals surface area (Å²) in [4.78, 5) is 14.2. The van der Waals surface area contributed by atoms with Gasteiger partial charge < -0.3 is 9.47 Å². The molecule has 142 valence electrons. The molecule has 0 radical (unpaired) electrons. The zero-order chi connectivity index (χ0) is 18.4. The van der Waals surface area contributed by atoms with Gasteiger partial charge in [0.25, 0.3) is 6.20 Å². The molecule has 1 aromatic heterocycles. The first kappa shape index (κ1) is 17.0. The molecule has 3 heterocycles. The number of fused-ring (bicyclic) bond motifs is 1. The van der Waals surface area contributed by atoms with E-state index in [1.54, 1.807) is 6.07 Å². The van der Waals surface area contributed by atoms with Gasteiger partial charge in [0.05, 0.1) is 11.5 Å². The lowest BCUT2D eigenvalue weighted by Crippen LogP contribution is -2.54. The first-order valence-electron chi connectivity index (χ1n) is 9.95. The molecule has 2 fully saturated rings. The van der Waals surface area contributed by atoms with Gasteiger partial charge in [0, 0.05) is 49.2 Å². The Kier molecular flexibility index (Phi) is 4.06. The molecular weight excluding hydrogens is 342 g/mol. The Morgan fingerprint density at radius 1 is 1.22 bits per heavy atom. The number of rotatable bonds is 2. The van der Waals surface area contributed by atoms with Crippen molar-refractivity contribution in [1.29, 1.82) is 0 Å². The summed E-state index contributed by atoms with van der Waals surface area (Å²) in [5.74, 6) is 0.448. The van der Waals surface area contributed by atoms with Crippen LogP contribution in [0, 0.1) is 11.8 Å². The Morgan fingerprint density at radius 3 is 2.74 bits per heavy atom. The fraction of sp³-hybridized carbons (Fsp3) is 0.524. The molecule has 0 unspecified atom stereocenters. The number of hydrogen-bond acceptors (Lipinski definition) is 4. The maximum Gasteiger partial charge on any atom is 0.257 e. The zero-order valence-corrected chi connectivity index (χ0v) is 15.7. The SMILES string of the molecule is Cc1c(-c2ccc[n+](=O)[nH]2)ccc2c1COC1(CCN(C3CCC3)CC1)O2. The highest BCUT2D eigenvalue weighted by Crippen LogP contribution is 2.42. The fourth-order valence-corrected chi connectivity index (χ4v) is 4.52. The molecule has 1 aromatic carbocycles. The van der Waals surface area contributed by atoms with Gasteiger partial charge in [0.15, 0.2) is 4.54 Å². The zero-order valence-electron chi connectivity index (χ0n) is 15.7. The molecule has 1 N–H and O–H groups in total. The minimum Gasteiger partial charge on any atom is -0.462 e. The van der Waals surface area contributed by atoms with E-state index in [4.69, 9.17) is 9.47 Å². The van der Waals surface area contributed by atoms with E-state index in [1.807, 2.05) is 18.2 Å². The van der Waals surface area contributed by atoms with Gasteiger partial charge in [-0.25, -0.2) is 0 Å². The normalized spacial score (nSPS) is 22.1. The van der Waals surface area contributed by atoms with Crippen molar-refractivity contribution in [3.05, 3.63) is 46.5 Å². The van der Waals surface area contributed by atoms with Gasteiger partial charge in [0.1, 0.15) is 11.4 Å². The van der Waals surface area contributed by atoms with Gasteiger partial charge in [-0.2, -0.15) is 0 Å². The van der Waals surface area contributed by atoms with Crippen LogP contribution in [-0.2, 0) is 11.3 Å². The molecule has 0 amide bonds. The molecule has 5 rings (SSSR count). The number of benzene rings is 1. The summed E-state index contributed by atoms with van der Waals surface area (Å²) in [6.45, 7) is 4.73. The quantitative estimate of drug-likeness (QED) is 0.827. The van der Waals surface area contributed by atoms with Crippen LogP contribution in [-0.4, -0.2) is 34.9 Å². The molecule has 6 heteroatoms. The molecule has 0 atom stereocenters. The van der Waals surface area contributed by atoms with Crippen molar-refractivity contribution in [3.63, 3.8) is 0 Å². The average Bonchev–Trinajstić information content (AvgIpc) is 2.62. The summed E-state index contributed by atoms with van der Waals surface area (Å²) < 4.78 is 13.4. The molecule has 1 spiro atoms. The van der Waals surface area contributed by atoms with Gasteiger partial charge in [0.2, 0.25) is 5.79 Å². The van der Waals surface area contributed by atoms with Crippen molar-refractivity contribution < 1.29 is 14.0 Å². The summed E-state index contributed by atoms with van der Waals surface area (Å²) in [7, 11) is 0. The molecule has 1 saturated carbocycles. The van der Waals surface area contributed by atoms with E-state index in [0.717, 1.165) is 60.1 Å². The lowest BCUT2D eigenvalue weighted by atomic mass is 9.89. The first-order valence-corrected chi connectivity index (χ1v) is 9.95. The second-order valence-corrected chi connectivity index (χ2v) is 8.00. The van der Waals surface area contributed by atoms with Crippen LogP contribution in [0.3, 0.4) is 0 Å². The van der Waals surface area contributed by atoms with Crippen molar-refractivity contribution >= 4 is 0 Å². The predicted molar refractivity (Wildman–Crippen MR) is 101 cm³/mol. The summed E-state index contributed by atoms with van der Waals surface area (Å²) in [6.07, 6.45) is 7.36. The predicted octanol–water partition coefficient (Wildman–Crippen LogP) is 3.16. The van der Waals surface area contributed by atoms with Crippen LogP contribution in [0.4, 0.5) is 0 Å². The topological polar surface area (TPSA) is 60.5 Å². The average molecular weight is 368 g/mol. The molecule has 2 aliphatic heterocycles. The highest BCUT2D eigenvalue weighted by atomic mass is 16.7. The summed E-state index contributed by atoms with van der Waals surface area (Å²) in [5.41, 5.74) is 3.97. The Morgan fingerprint density at radius 2 is 2.04 bits per heavy atom. The van der Waals surface area contributed by atoms with Crippen LogP contribution in [0.2, 0.25) is 0 Å². The fourth-order valence-electron chi connectivity index (χ4n) is 4.52. The van der Waals surface area contributed by atoms with Crippen LogP contribution < -0.4 is 9.28 Å². The molecule has 27 heavy (non-hydrogen) atoms. The number of hydrogen-bond donors (Lipinski definition) is 1. The van der Waals surface area contributed by atoms with E-state index in [-0.39, 0.29) is 0 Å². The van der Waals surface area contributed by atoms with Crippen molar-refractivity contribution in [2.75, 3.05) is 13.1 Å². The van der Waals surface area contributed by atoms with Crippen LogP contribution in [0.15, 0.2) is 30.5 Å². The Labute approximate surface area is 158 Å². The van der Waals surface area contributed by atoms with Gasteiger partial charge in [-0.3, -0.25) is 4.90 Å². The van der Waals surface area contributed by atoms with Crippen LogP contribution in [0.1, 0.15) is 43.2 Å². The van der Waals surface area contributed by atoms with Crippen molar-refractivity contribution in [3.8, 4) is 17.0 Å². The number of aromatic nitrogens is 2. The highest BCUT2D eigenvalue weighted by molar-refractivity contribution is 5.66. The Hall–Kier alpha value is -2.18. The van der Waals surface area contributed by atoms with E-state index in [1.165, 1.54) is 25.5 Å². The Balaban J connectivity index is 1.38. The van der Waals surface area contributed by atoms with E-state index < -0.39 is 5.79 Å². The third kappa shape index (κ3) is 2.97. The van der Waals surface area contributed by atoms with Gasteiger partial charge >= 0.3 is 0 Å². The van der Waals surface area contributed by atoms with E-state index in [2.05, 4.69) is 16.9 Å². The van der Waals surface area contributed by atoms with Crippen molar-refractivity contribution in [2.45, 2.75) is 57.5 Å². The van der Waals surface area contributed by atoms with Gasteiger partial charge in [-0.1, -0.05) is 6.42 Å². The van der Waals surface area contributed by atoms with E-state index in [9.17, 15) is 4.91 Å². The van der Waals surface area contributed by atoms with Gasteiger partial charge in [-0.05, 0) is 43.5 Å². The van der Waals surface area contributed by atoms with Crippen LogP contribution in [0.25, 0.3) is 11.3 Å². The van der Waals surface area contributed by atoms with Crippen molar-refractivity contribution in [1.82, 2.24) is 10.00 Å². The molecule has 1 aliphatic carbocycles. The molecule has 3 aliphatic rings. The molecular formula is C21H26N3O3+. The van der Waals surface area contributed by atoms with Gasteiger partial charge in [-0.15, -0.1) is 5.10 Å². The summed E-state index contributed by atoms with van der Waals surface area (Å²) in [6, 6.07) is 8.49. The molecule has 6 nitrogen and oxygen atoms in total. The Bertz CT molecular complexity index is 911. The van der Waals surface area contributed by atoms with E-state index >= 15 is 0 Å². The van der Waals surface area contributed by atoms with Crippen LogP contribution >= 0.6 is 0 Å². The lowest BCUT2D eigenvalue weighted by molar-refractivity contribution is -0.563. The first-order chi connectivity index (χ1) is 13.1. The largest absolute Gasteiger partial charge is 0.462 e. The lowest BCUT2D eigenvalue weighted by Gasteiger charge is -2.47. The smallest absolute Gasteiger partial charge is 0.257 e. The third-order valence-corrected chi connectivity index (χ3v) is 6.49. The number of aromatic amines is 1. The number of likely N-dealkylation sites (tertiary alicyclic amines) is 1. The number of ether oxygens (including phenoxy) is 2. The second-order valence-electron chi connectivity index (χ2n) is 8.00. The monoisotopic (exact) mass is 368 g/mol. The maximum absolute atomic E-state index is 11.6. The van der Waals surface area contributed by atoms with Crippen LogP contribution in [0.5, 0.6) is 5.75 Å². The minimum atomic E-state index is -0.474. The number of piperidine rings is 1. The standard InChI is InChI=1S/C21H26N3O3/c1-15-17(19-6-3-11-24(25)22-19)7-8-20-18(15)14-26-21(27-20)9-12-23(13-10-21)16-4-2-5-16/h3,6-8,11,16H,2,4-5,9-10,12-14H2,1H3,(H,22,25)/q+1. The molecule has 1 saturated heterocycles. The summed E-state index contributed by atoms with van der Waals surface area (Å²) >= 11 is 0.